The van der Waals surface area contributed by atoms with Crippen LogP contribution in [0, 0.1) is 6.92 Å². The van der Waals surface area contributed by atoms with E-state index in [9.17, 15) is 4.79 Å². The fourth-order valence-electron chi connectivity index (χ4n) is 1.86. The van der Waals surface area contributed by atoms with Crippen LogP contribution in [0.5, 0.6) is 5.75 Å². The minimum atomic E-state index is -0.141. The molecule has 0 saturated heterocycles. The van der Waals surface area contributed by atoms with E-state index in [1.165, 1.54) is 0 Å². The Labute approximate surface area is 118 Å². The molecular weight excluding hydrogens is 250 g/mol. The van der Waals surface area contributed by atoms with Crippen molar-refractivity contribution in [3.63, 3.8) is 0 Å². The van der Waals surface area contributed by atoms with Crippen LogP contribution in [0.15, 0.2) is 61.2 Å². The summed E-state index contributed by atoms with van der Waals surface area (Å²) in [7, 11) is 0. The molecule has 0 aliphatic heterocycles. The second-order valence-electron chi connectivity index (χ2n) is 4.36. The van der Waals surface area contributed by atoms with Crippen LogP contribution in [0.1, 0.15) is 15.9 Å². The van der Waals surface area contributed by atoms with Gasteiger partial charge in [-0.25, -0.2) is 0 Å². The average molecular weight is 267 g/mol. The Hall–Kier alpha value is -2.55. The minimum absolute atomic E-state index is 0.141. The van der Waals surface area contributed by atoms with E-state index in [0.29, 0.717) is 23.6 Å². The number of carbonyl (C=O) groups is 1. The smallest absolute Gasteiger partial charge is 0.256 e. The molecule has 0 spiro atoms. The Morgan fingerprint density at radius 1 is 1.20 bits per heavy atom. The molecule has 0 atom stereocenters. The first kappa shape index (κ1) is 13.9. The molecule has 2 rings (SSSR count). The van der Waals surface area contributed by atoms with E-state index in [4.69, 9.17) is 4.74 Å². The first-order chi connectivity index (χ1) is 9.72. The van der Waals surface area contributed by atoms with E-state index < -0.39 is 0 Å². The highest BCUT2D eigenvalue weighted by molar-refractivity contribution is 6.05. The Bertz CT molecular complexity index is 620. The zero-order chi connectivity index (χ0) is 14.4. The molecule has 0 radical (unpaired) electrons. The fourth-order valence-corrected chi connectivity index (χ4v) is 1.86. The summed E-state index contributed by atoms with van der Waals surface area (Å²) in [4.78, 5) is 12.3. The Morgan fingerprint density at radius 2 is 1.90 bits per heavy atom. The zero-order valence-corrected chi connectivity index (χ0v) is 11.4. The van der Waals surface area contributed by atoms with Gasteiger partial charge in [0.05, 0.1) is 5.69 Å². The van der Waals surface area contributed by atoms with Gasteiger partial charge in [0.25, 0.3) is 5.91 Å². The third-order valence-electron chi connectivity index (χ3n) is 2.88. The standard InChI is InChI=1S/C17H17NO2/c1-3-12-20-16-11-7-6-10-15(16)18-17(19)14-9-5-4-8-13(14)2/h3-11H,1,12H2,2H3,(H,18,19). The number of hydrogen-bond donors (Lipinski definition) is 1. The quantitative estimate of drug-likeness (QED) is 0.836. The maximum Gasteiger partial charge on any atom is 0.256 e. The molecule has 0 saturated carbocycles. The molecule has 1 N–H and O–H groups in total. The molecule has 0 aliphatic carbocycles. The molecule has 1 amide bonds. The highest BCUT2D eigenvalue weighted by Crippen LogP contribution is 2.24. The van der Waals surface area contributed by atoms with Gasteiger partial charge in [-0.05, 0) is 30.7 Å². The Morgan fingerprint density at radius 3 is 2.65 bits per heavy atom. The van der Waals surface area contributed by atoms with Gasteiger partial charge in [0.15, 0.2) is 0 Å². The number of hydrogen-bond acceptors (Lipinski definition) is 2. The number of amides is 1. The number of aryl methyl sites for hydroxylation is 1. The monoisotopic (exact) mass is 267 g/mol. The van der Waals surface area contributed by atoms with Crippen LogP contribution in [-0.4, -0.2) is 12.5 Å². The molecule has 2 aromatic carbocycles. The molecule has 0 heterocycles. The van der Waals surface area contributed by atoms with Gasteiger partial charge in [0, 0.05) is 5.56 Å². The van der Waals surface area contributed by atoms with Gasteiger partial charge in [-0.2, -0.15) is 0 Å². The average Bonchev–Trinajstić information content (AvgIpc) is 2.46. The zero-order valence-electron chi connectivity index (χ0n) is 11.4. The van der Waals surface area contributed by atoms with E-state index in [-0.39, 0.29) is 5.91 Å². The maximum absolute atomic E-state index is 12.3. The molecule has 0 aliphatic rings. The lowest BCUT2D eigenvalue weighted by atomic mass is 10.1. The fraction of sp³-hybridized carbons (Fsp3) is 0.118. The number of ether oxygens (including phenoxy) is 1. The summed E-state index contributed by atoms with van der Waals surface area (Å²) in [5.74, 6) is 0.493. The van der Waals surface area contributed by atoms with Crippen LogP contribution in [0.3, 0.4) is 0 Å². The molecule has 0 aromatic heterocycles. The van der Waals surface area contributed by atoms with Crippen LogP contribution in [-0.2, 0) is 0 Å². The van der Waals surface area contributed by atoms with Gasteiger partial charge in [0.1, 0.15) is 12.4 Å². The van der Waals surface area contributed by atoms with E-state index in [1.54, 1.807) is 12.1 Å². The molecule has 0 unspecified atom stereocenters. The van der Waals surface area contributed by atoms with Crippen molar-refractivity contribution in [2.45, 2.75) is 6.92 Å². The molecule has 0 fully saturated rings. The summed E-state index contributed by atoms with van der Waals surface area (Å²) in [5.41, 5.74) is 2.25. The lowest BCUT2D eigenvalue weighted by Crippen LogP contribution is -2.14. The van der Waals surface area contributed by atoms with Crippen LogP contribution >= 0.6 is 0 Å². The SMILES string of the molecule is C=CCOc1ccccc1NC(=O)c1ccccc1C. The van der Waals surface area contributed by atoms with Gasteiger partial charge < -0.3 is 10.1 Å². The van der Waals surface area contributed by atoms with E-state index in [0.717, 1.165) is 5.56 Å². The Kier molecular flexibility index (Phi) is 4.56. The van der Waals surface area contributed by atoms with Gasteiger partial charge >= 0.3 is 0 Å². The predicted molar refractivity (Wildman–Crippen MR) is 81.3 cm³/mol. The molecular formula is C17H17NO2. The lowest BCUT2D eigenvalue weighted by molar-refractivity contribution is 0.102. The number of carbonyl (C=O) groups excluding carboxylic acids is 1. The number of para-hydroxylation sites is 2. The third-order valence-corrected chi connectivity index (χ3v) is 2.88. The van der Waals surface area contributed by atoms with Crippen molar-refractivity contribution >= 4 is 11.6 Å². The van der Waals surface area contributed by atoms with Crippen molar-refractivity contribution < 1.29 is 9.53 Å². The summed E-state index contributed by atoms with van der Waals surface area (Å²) < 4.78 is 5.52. The van der Waals surface area contributed by atoms with Crippen LogP contribution in [0.2, 0.25) is 0 Å². The second-order valence-corrected chi connectivity index (χ2v) is 4.36. The summed E-state index contributed by atoms with van der Waals surface area (Å²) in [6.07, 6.45) is 1.67. The lowest BCUT2D eigenvalue weighted by Gasteiger charge is -2.12. The highest BCUT2D eigenvalue weighted by Gasteiger charge is 2.11. The van der Waals surface area contributed by atoms with E-state index in [1.807, 2.05) is 49.4 Å². The number of nitrogens with one attached hydrogen (secondary N) is 1. The maximum atomic E-state index is 12.3. The van der Waals surface area contributed by atoms with Gasteiger partial charge in [0.2, 0.25) is 0 Å². The van der Waals surface area contributed by atoms with Crippen molar-refractivity contribution in [3.8, 4) is 5.75 Å². The van der Waals surface area contributed by atoms with Crippen LogP contribution in [0.4, 0.5) is 5.69 Å². The van der Waals surface area contributed by atoms with Crippen LogP contribution < -0.4 is 10.1 Å². The van der Waals surface area contributed by atoms with Gasteiger partial charge in [-0.15, -0.1) is 0 Å². The Balaban J connectivity index is 2.20. The summed E-state index contributed by atoms with van der Waals surface area (Å²) in [5, 5.41) is 2.88. The largest absolute Gasteiger partial charge is 0.487 e. The first-order valence-corrected chi connectivity index (χ1v) is 6.42. The van der Waals surface area contributed by atoms with E-state index in [2.05, 4.69) is 11.9 Å². The van der Waals surface area contributed by atoms with Crippen molar-refractivity contribution in [2.75, 3.05) is 11.9 Å². The molecule has 102 valence electrons. The summed E-state index contributed by atoms with van der Waals surface area (Å²) in [6.45, 7) is 5.92. The summed E-state index contributed by atoms with van der Waals surface area (Å²) in [6, 6.07) is 14.8. The molecule has 0 bridgehead atoms. The topological polar surface area (TPSA) is 38.3 Å². The van der Waals surface area contributed by atoms with Crippen molar-refractivity contribution in [3.05, 3.63) is 72.3 Å². The number of anilines is 1. The molecule has 3 nitrogen and oxygen atoms in total. The molecule has 3 heteroatoms. The van der Waals surface area contributed by atoms with Crippen molar-refractivity contribution in [2.24, 2.45) is 0 Å². The molecule has 20 heavy (non-hydrogen) atoms. The van der Waals surface area contributed by atoms with Crippen molar-refractivity contribution in [1.29, 1.82) is 0 Å². The van der Waals surface area contributed by atoms with Crippen molar-refractivity contribution in [1.82, 2.24) is 0 Å². The van der Waals surface area contributed by atoms with Crippen LogP contribution in [0.25, 0.3) is 0 Å². The minimum Gasteiger partial charge on any atom is -0.487 e. The van der Waals surface area contributed by atoms with E-state index >= 15 is 0 Å². The third kappa shape index (κ3) is 3.26. The summed E-state index contributed by atoms with van der Waals surface area (Å²) >= 11 is 0. The number of benzene rings is 2. The first-order valence-electron chi connectivity index (χ1n) is 6.42. The predicted octanol–water partition coefficient (Wildman–Crippen LogP) is 3.81. The second kappa shape index (κ2) is 6.57. The number of rotatable bonds is 5. The normalized spacial score (nSPS) is 9.85. The van der Waals surface area contributed by atoms with Gasteiger partial charge in [-0.3, -0.25) is 4.79 Å². The van der Waals surface area contributed by atoms with Gasteiger partial charge in [-0.1, -0.05) is 43.0 Å². The highest BCUT2D eigenvalue weighted by atomic mass is 16.5. The molecule has 2 aromatic rings.